The van der Waals surface area contributed by atoms with Crippen molar-refractivity contribution in [3.05, 3.63) is 52.9 Å². The van der Waals surface area contributed by atoms with E-state index in [0.29, 0.717) is 25.0 Å². The molecule has 3 aromatic rings. The maximum atomic E-state index is 12.8. The second-order valence-corrected chi connectivity index (χ2v) is 7.21. The molecule has 27 heavy (non-hydrogen) atoms. The second kappa shape index (κ2) is 7.96. The molecular formula is C21H26N4O2. The van der Waals surface area contributed by atoms with Gasteiger partial charge in [-0.3, -0.25) is 9.59 Å². The van der Waals surface area contributed by atoms with Gasteiger partial charge in [0.1, 0.15) is 5.52 Å². The Balaban J connectivity index is 1.40. The van der Waals surface area contributed by atoms with E-state index in [1.807, 2.05) is 47.0 Å². The van der Waals surface area contributed by atoms with Crippen LogP contribution in [0.5, 0.6) is 0 Å². The largest absolute Gasteiger partial charge is 0.356 e. The summed E-state index contributed by atoms with van der Waals surface area (Å²) in [6.45, 7) is 4.51. The molecule has 0 bridgehead atoms. The lowest BCUT2D eigenvalue weighted by Crippen LogP contribution is -2.30. The smallest absolute Gasteiger partial charge is 0.275 e. The van der Waals surface area contributed by atoms with Crippen LogP contribution in [-0.2, 0) is 11.3 Å². The van der Waals surface area contributed by atoms with Crippen LogP contribution in [0.1, 0.15) is 25.7 Å². The molecule has 1 aromatic carbocycles. The Labute approximate surface area is 158 Å². The lowest BCUT2D eigenvalue weighted by molar-refractivity contribution is -0.121. The van der Waals surface area contributed by atoms with Crippen LogP contribution in [0.15, 0.2) is 47.4 Å². The number of hydrogen-bond donors (Lipinski definition) is 1. The lowest BCUT2D eigenvalue weighted by Gasteiger charge is -2.15. The first-order chi connectivity index (χ1) is 13.2. The molecule has 3 heterocycles. The summed E-state index contributed by atoms with van der Waals surface area (Å²) in [7, 11) is 0. The molecule has 0 unspecified atom stereocenters. The summed E-state index contributed by atoms with van der Waals surface area (Å²) in [4.78, 5) is 27.5. The zero-order chi connectivity index (χ0) is 18.6. The topological polar surface area (TPSA) is 58.8 Å². The fourth-order valence-electron chi connectivity index (χ4n) is 3.97. The van der Waals surface area contributed by atoms with Crippen molar-refractivity contribution >= 4 is 22.5 Å². The molecular weight excluding hydrogens is 340 g/mol. The Morgan fingerprint density at radius 3 is 2.52 bits per heavy atom. The van der Waals surface area contributed by atoms with Gasteiger partial charge in [0.25, 0.3) is 5.56 Å². The SMILES string of the molecule is O=C(CCn1c(=O)c2cccn2c2ccccc21)NCCCN1CCCC1. The number of rotatable bonds is 7. The maximum absolute atomic E-state index is 12.8. The summed E-state index contributed by atoms with van der Waals surface area (Å²) in [5.41, 5.74) is 2.41. The Bertz CT molecular complexity index is 998. The molecule has 1 amide bonds. The number of para-hydroxylation sites is 2. The summed E-state index contributed by atoms with van der Waals surface area (Å²) in [5.74, 6) is 0.00246. The van der Waals surface area contributed by atoms with Gasteiger partial charge in [-0.05, 0) is 63.2 Å². The van der Waals surface area contributed by atoms with Crippen LogP contribution < -0.4 is 10.9 Å². The number of nitrogens with zero attached hydrogens (tertiary/aromatic N) is 3. The number of benzene rings is 1. The molecule has 1 saturated heterocycles. The lowest BCUT2D eigenvalue weighted by atomic mass is 10.2. The third-order valence-electron chi connectivity index (χ3n) is 5.38. The van der Waals surface area contributed by atoms with E-state index in [1.165, 1.54) is 25.9 Å². The molecule has 0 atom stereocenters. The summed E-state index contributed by atoms with van der Waals surface area (Å²) >= 11 is 0. The summed E-state index contributed by atoms with van der Waals surface area (Å²) in [6, 6.07) is 11.5. The minimum absolute atomic E-state index is 0.00246. The molecule has 1 aliphatic heterocycles. The van der Waals surface area contributed by atoms with E-state index in [9.17, 15) is 9.59 Å². The quantitative estimate of drug-likeness (QED) is 0.653. The van der Waals surface area contributed by atoms with E-state index in [-0.39, 0.29) is 11.5 Å². The molecule has 1 fully saturated rings. The van der Waals surface area contributed by atoms with Crippen LogP contribution in [0, 0.1) is 0 Å². The zero-order valence-electron chi connectivity index (χ0n) is 15.6. The Hall–Kier alpha value is -2.60. The van der Waals surface area contributed by atoms with Crippen LogP contribution >= 0.6 is 0 Å². The third kappa shape index (κ3) is 3.76. The average Bonchev–Trinajstić information content (AvgIpc) is 3.37. The Morgan fingerprint density at radius 1 is 0.963 bits per heavy atom. The minimum atomic E-state index is -0.0551. The molecule has 6 heteroatoms. The minimum Gasteiger partial charge on any atom is -0.356 e. The van der Waals surface area contributed by atoms with Gasteiger partial charge in [-0.15, -0.1) is 0 Å². The van der Waals surface area contributed by atoms with Gasteiger partial charge < -0.3 is 19.2 Å². The van der Waals surface area contributed by atoms with Crippen molar-refractivity contribution in [3.63, 3.8) is 0 Å². The normalized spacial score (nSPS) is 15.0. The van der Waals surface area contributed by atoms with Gasteiger partial charge in [0.15, 0.2) is 0 Å². The van der Waals surface area contributed by atoms with Crippen LogP contribution in [0.2, 0.25) is 0 Å². The summed E-state index contributed by atoms with van der Waals surface area (Å²) < 4.78 is 3.63. The Morgan fingerprint density at radius 2 is 1.70 bits per heavy atom. The molecule has 142 valence electrons. The number of aryl methyl sites for hydroxylation is 1. The number of aromatic nitrogens is 2. The molecule has 0 saturated carbocycles. The highest BCUT2D eigenvalue weighted by Crippen LogP contribution is 2.15. The first-order valence-corrected chi connectivity index (χ1v) is 9.82. The second-order valence-electron chi connectivity index (χ2n) is 7.21. The van der Waals surface area contributed by atoms with E-state index < -0.39 is 0 Å². The maximum Gasteiger partial charge on any atom is 0.275 e. The fraction of sp³-hybridized carbons (Fsp3) is 0.429. The van der Waals surface area contributed by atoms with E-state index in [1.54, 1.807) is 4.57 Å². The van der Waals surface area contributed by atoms with Crippen molar-refractivity contribution in [2.45, 2.75) is 32.2 Å². The van der Waals surface area contributed by atoms with Crippen LogP contribution in [-0.4, -0.2) is 46.0 Å². The Kier molecular flexibility index (Phi) is 5.25. The molecule has 1 N–H and O–H groups in total. The van der Waals surface area contributed by atoms with Crippen LogP contribution in [0.25, 0.3) is 16.6 Å². The van der Waals surface area contributed by atoms with Gasteiger partial charge in [0, 0.05) is 25.7 Å². The highest BCUT2D eigenvalue weighted by atomic mass is 16.1. The fourth-order valence-corrected chi connectivity index (χ4v) is 3.97. The van der Waals surface area contributed by atoms with Crippen LogP contribution in [0.4, 0.5) is 0 Å². The average molecular weight is 366 g/mol. The number of fused-ring (bicyclic) bond motifs is 3. The predicted octanol–water partition coefficient (Wildman–Crippen LogP) is 2.25. The van der Waals surface area contributed by atoms with E-state index in [4.69, 9.17) is 0 Å². The van der Waals surface area contributed by atoms with Crippen LogP contribution in [0.3, 0.4) is 0 Å². The van der Waals surface area contributed by atoms with Crippen molar-refractivity contribution in [1.29, 1.82) is 0 Å². The molecule has 2 aromatic heterocycles. The molecule has 0 aliphatic carbocycles. The van der Waals surface area contributed by atoms with Crippen molar-refractivity contribution < 1.29 is 4.79 Å². The molecule has 0 radical (unpaired) electrons. The monoisotopic (exact) mass is 366 g/mol. The molecule has 1 aliphatic rings. The molecule has 6 nitrogen and oxygen atoms in total. The van der Waals surface area contributed by atoms with Crippen molar-refractivity contribution in [2.75, 3.05) is 26.2 Å². The first kappa shape index (κ1) is 17.8. The van der Waals surface area contributed by atoms with Gasteiger partial charge >= 0.3 is 0 Å². The van der Waals surface area contributed by atoms with Crippen molar-refractivity contribution in [2.24, 2.45) is 0 Å². The number of hydrogen-bond acceptors (Lipinski definition) is 3. The third-order valence-corrected chi connectivity index (χ3v) is 5.38. The van der Waals surface area contributed by atoms with Gasteiger partial charge in [0.2, 0.25) is 5.91 Å². The van der Waals surface area contributed by atoms with Gasteiger partial charge in [0.05, 0.1) is 11.0 Å². The number of likely N-dealkylation sites (tertiary alicyclic amines) is 1. The summed E-state index contributed by atoms with van der Waals surface area (Å²) in [6.07, 6.45) is 5.77. The number of carbonyl (C=O) groups excluding carboxylic acids is 1. The number of nitrogens with one attached hydrogen (secondary N) is 1. The van der Waals surface area contributed by atoms with Crippen molar-refractivity contribution in [1.82, 2.24) is 19.2 Å². The van der Waals surface area contributed by atoms with Gasteiger partial charge in [-0.1, -0.05) is 12.1 Å². The van der Waals surface area contributed by atoms with Gasteiger partial charge in [-0.25, -0.2) is 0 Å². The van der Waals surface area contributed by atoms with E-state index in [0.717, 1.165) is 24.0 Å². The van der Waals surface area contributed by atoms with Gasteiger partial charge in [-0.2, -0.15) is 0 Å². The van der Waals surface area contributed by atoms with E-state index in [2.05, 4.69) is 10.2 Å². The van der Waals surface area contributed by atoms with Crippen molar-refractivity contribution in [3.8, 4) is 0 Å². The summed E-state index contributed by atoms with van der Waals surface area (Å²) in [5, 5.41) is 2.99. The number of amides is 1. The standard InChI is InChI=1S/C21H26N4O2/c26-20(22-11-6-14-23-12-3-4-13-23)10-16-25-18-8-2-1-7-17(18)24-15-5-9-19(24)21(25)27/h1-2,5,7-9,15H,3-4,6,10-14,16H2,(H,22,26). The highest BCUT2D eigenvalue weighted by molar-refractivity contribution is 5.80. The predicted molar refractivity (Wildman–Crippen MR) is 107 cm³/mol. The zero-order valence-corrected chi connectivity index (χ0v) is 15.6. The highest BCUT2D eigenvalue weighted by Gasteiger charge is 2.12. The number of carbonyl (C=O) groups is 1. The van der Waals surface area contributed by atoms with E-state index >= 15 is 0 Å². The first-order valence-electron chi connectivity index (χ1n) is 9.82. The molecule has 4 rings (SSSR count). The molecule has 0 spiro atoms.